The summed E-state index contributed by atoms with van der Waals surface area (Å²) in [6.45, 7) is 5.12. The molecule has 0 saturated heterocycles. The van der Waals surface area contributed by atoms with Gasteiger partial charge in [-0.15, -0.1) is 0 Å². The Kier molecular flexibility index (Phi) is 5.22. The first kappa shape index (κ1) is 19.0. The average Bonchev–Trinajstić information content (AvgIpc) is 3.12. The molecule has 0 aliphatic heterocycles. The minimum absolute atomic E-state index is 0.209. The van der Waals surface area contributed by atoms with Crippen LogP contribution in [0.25, 0.3) is 5.78 Å². The average molecular weight is 409 g/mol. The second-order valence-corrected chi connectivity index (χ2v) is 7.31. The number of hydrogen-bond donors (Lipinski definition) is 3. The number of rotatable bonds is 6. The van der Waals surface area contributed by atoms with Crippen LogP contribution in [0.2, 0.25) is 5.02 Å². The van der Waals surface area contributed by atoms with Crippen LogP contribution in [0.1, 0.15) is 22.4 Å². The molecule has 0 aliphatic rings. The van der Waals surface area contributed by atoms with Crippen molar-refractivity contribution in [1.82, 2.24) is 19.6 Å². The van der Waals surface area contributed by atoms with Crippen LogP contribution in [-0.2, 0) is 13.1 Å². The van der Waals surface area contributed by atoms with E-state index in [0.29, 0.717) is 35.5 Å². The number of halogens is 1. The number of aryl methyl sites for hydroxylation is 1. The maximum atomic E-state index is 12.4. The van der Waals surface area contributed by atoms with E-state index in [9.17, 15) is 4.79 Å². The van der Waals surface area contributed by atoms with E-state index in [1.54, 1.807) is 0 Å². The van der Waals surface area contributed by atoms with Gasteiger partial charge in [0.05, 0.1) is 12.2 Å². The summed E-state index contributed by atoms with van der Waals surface area (Å²) in [5.41, 5.74) is 4.89. The van der Waals surface area contributed by atoms with Gasteiger partial charge in [0, 0.05) is 23.3 Å². The van der Waals surface area contributed by atoms with E-state index in [4.69, 9.17) is 11.6 Å². The van der Waals surface area contributed by atoms with Crippen LogP contribution in [0, 0.1) is 13.8 Å². The molecule has 3 N–H and O–H groups in total. The lowest BCUT2D eigenvalue weighted by Crippen LogP contribution is -2.17. The SMILES string of the molecule is Cc1cccc(NCc2cc(=O)n3[nH]c(NCc4ccc(Cl)cc4)nc3n2)c1C. The van der Waals surface area contributed by atoms with E-state index in [1.807, 2.05) is 36.4 Å². The molecule has 0 atom stereocenters. The molecule has 4 aromatic rings. The van der Waals surface area contributed by atoms with Crippen molar-refractivity contribution >= 4 is 29.0 Å². The quantitative estimate of drug-likeness (QED) is 0.450. The van der Waals surface area contributed by atoms with Crippen molar-refractivity contribution in [2.45, 2.75) is 26.9 Å². The van der Waals surface area contributed by atoms with Gasteiger partial charge >= 0.3 is 0 Å². The number of nitrogens with zero attached hydrogens (tertiary/aromatic N) is 3. The highest BCUT2D eigenvalue weighted by molar-refractivity contribution is 6.30. The van der Waals surface area contributed by atoms with E-state index < -0.39 is 0 Å². The predicted octanol–water partition coefficient (Wildman–Crippen LogP) is 3.91. The molecule has 7 nitrogen and oxygen atoms in total. The maximum Gasteiger partial charge on any atom is 0.274 e. The molecule has 0 amide bonds. The summed E-state index contributed by atoms with van der Waals surface area (Å²) < 4.78 is 1.33. The Labute approximate surface area is 172 Å². The second kappa shape index (κ2) is 7.97. The largest absolute Gasteiger partial charge is 0.379 e. The van der Waals surface area contributed by atoms with E-state index >= 15 is 0 Å². The Balaban J connectivity index is 1.50. The minimum atomic E-state index is -0.209. The highest BCUT2D eigenvalue weighted by Gasteiger charge is 2.09. The molecule has 8 heteroatoms. The highest BCUT2D eigenvalue weighted by atomic mass is 35.5. The highest BCUT2D eigenvalue weighted by Crippen LogP contribution is 2.18. The monoisotopic (exact) mass is 408 g/mol. The first-order valence-electron chi connectivity index (χ1n) is 9.27. The number of hydrogen-bond acceptors (Lipinski definition) is 5. The molecular weight excluding hydrogens is 388 g/mol. The molecule has 148 valence electrons. The van der Waals surface area contributed by atoms with Gasteiger partial charge in [-0.2, -0.15) is 9.50 Å². The van der Waals surface area contributed by atoms with Gasteiger partial charge in [-0.1, -0.05) is 35.9 Å². The molecule has 0 unspecified atom stereocenters. The molecular formula is C21H21ClN6O. The smallest absolute Gasteiger partial charge is 0.274 e. The van der Waals surface area contributed by atoms with Crippen LogP contribution < -0.4 is 16.2 Å². The van der Waals surface area contributed by atoms with Gasteiger partial charge in [0.15, 0.2) is 0 Å². The van der Waals surface area contributed by atoms with E-state index in [-0.39, 0.29) is 5.56 Å². The van der Waals surface area contributed by atoms with Crippen LogP contribution in [0.3, 0.4) is 0 Å². The molecule has 0 saturated carbocycles. The van der Waals surface area contributed by atoms with Crippen LogP contribution in [0.4, 0.5) is 11.6 Å². The number of nitrogens with one attached hydrogen (secondary N) is 3. The lowest BCUT2D eigenvalue weighted by Gasteiger charge is -2.10. The van der Waals surface area contributed by atoms with Crippen LogP contribution in [0.5, 0.6) is 0 Å². The lowest BCUT2D eigenvalue weighted by molar-refractivity contribution is 0.874. The fourth-order valence-corrected chi connectivity index (χ4v) is 3.14. The van der Waals surface area contributed by atoms with Gasteiger partial charge in [0.25, 0.3) is 11.3 Å². The number of anilines is 2. The van der Waals surface area contributed by atoms with Crippen LogP contribution >= 0.6 is 11.6 Å². The van der Waals surface area contributed by atoms with Crippen molar-refractivity contribution in [1.29, 1.82) is 0 Å². The summed E-state index contributed by atoms with van der Waals surface area (Å²) in [6, 6.07) is 15.1. The zero-order valence-corrected chi connectivity index (χ0v) is 16.9. The van der Waals surface area contributed by atoms with Gasteiger partial charge in [-0.05, 0) is 48.7 Å². The third kappa shape index (κ3) is 4.25. The van der Waals surface area contributed by atoms with E-state index in [1.165, 1.54) is 21.7 Å². The Bertz CT molecular complexity index is 1210. The fourth-order valence-electron chi connectivity index (χ4n) is 3.01. The molecule has 29 heavy (non-hydrogen) atoms. The van der Waals surface area contributed by atoms with Crippen LogP contribution in [0.15, 0.2) is 53.3 Å². The van der Waals surface area contributed by atoms with Gasteiger partial charge in [-0.25, -0.2) is 4.98 Å². The summed E-state index contributed by atoms with van der Waals surface area (Å²) in [6.07, 6.45) is 0. The van der Waals surface area contributed by atoms with Crippen molar-refractivity contribution in [2.75, 3.05) is 10.6 Å². The minimum Gasteiger partial charge on any atom is -0.379 e. The van der Waals surface area contributed by atoms with Gasteiger partial charge < -0.3 is 10.6 Å². The van der Waals surface area contributed by atoms with Crippen molar-refractivity contribution in [2.24, 2.45) is 0 Å². The van der Waals surface area contributed by atoms with E-state index in [2.05, 4.69) is 45.6 Å². The van der Waals surface area contributed by atoms with Crippen LogP contribution in [-0.4, -0.2) is 19.6 Å². The van der Waals surface area contributed by atoms with Crippen molar-refractivity contribution < 1.29 is 0 Å². The molecule has 0 bridgehead atoms. The van der Waals surface area contributed by atoms with Crippen molar-refractivity contribution in [3.63, 3.8) is 0 Å². The summed E-state index contributed by atoms with van der Waals surface area (Å²) in [5.74, 6) is 0.804. The van der Waals surface area contributed by atoms with Gasteiger partial charge in [0.1, 0.15) is 0 Å². The fraction of sp³-hybridized carbons (Fsp3) is 0.190. The molecule has 0 radical (unpaired) electrons. The Morgan fingerprint density at radius 1 is 1.03 bits per heavy atom. The Morgan fingerprint density at radius 2 is 1.83 bits per heavy atom. The second-order valence-electron chi connectivity index (χ2n) is 6.87. The molecule has 0 aliphatic carbocycles. The van der Waals surface area contributed by atoms with Gasteiger partial charge in [0.2, 0.25) is 5.95 Å². The zero-order valence-electron chi connectivity index (χ0n) is 16.2. The lowest BCUT2D eigenvalue weighted by atomic mass is 10.1. The summed E-state index contributed by atoms with van der Waals surface area (Å²) >= 11 is 5.91. The number of benzene rings is 2. The number of aromatic amines is 1. The van der Waals surface area contributed by atoms with Crippen molar-refractivity contribution in [3.05, 3.63) is 86.3 Å². The molecule has 2 heterocycles. The molecule has 4 rings (SSSR count). The molecule has 0 spiro atoms. The third-order valence-electron chi connectivity index (χ3n) is 4.82. The number of fused-ring (bicyclic) bond motifs is 1. The molecule has 2 aromatic carbocycles. The topological polar surface area (TPSA) is 87.1 Å². The standard InChI is InChI=1S/C21H21ClN6O/c1-13-4-3-5-18(14(13)2)23-12-17-10-19(29)28-21(25-17)26-20(27-28)24-11-15-6-8-16(22)9-7-15/h3-10,23H,11-12H2,1-2H3,(H2,24,25,26,27). The summed E-state index contributed by atoms with van der Waals surface area (Å²) in [4.78, 5) is 21.3. The molecule has 0 fully saturated rings. The summed E-state index contributed by atoms with van der Waals surface area (Å²) in [5, 5.41) is 10.1. The first-order chi connectivity index (χ1) is 14.0. The number of aromatic nitrogens is 4. The summed E-state index contributed by atoms with van der Waals surface area (Å²) in [7, 11) is 0. The predicted molar refractivity (Wildman–Crippen MR) is 116 cm³/mol. The zero-order chi connectivity index (χ0) is 20.4. The number of H-pyrrole nitrogens is 1. The van der Waals surface area contributed by atoms with E-state index in [0.717, 1.165) is 11.3 Å². The molecule has 2 aromatic heterocycles. The first-order valence-corrected chi connectivity index (χ1v) is 9.64. The Hall–Kier alpha value is -3.32. The maximum absolute atomic E-state index is 12.4. The third-order valence-corrected chi connectivity index (χ3v) is 5.07. The Morgan fingerprint density at radius 3 is 2.62 bits per heavy atom. The normalized spacial score (nSPS) is 11.0. The van der Waals surface area contributed by atoms with Gasteiger partial charge in [-0.3, -0.25) is 9.89 Å². The van der Waals surface area contributed by atoms with Crippen molar-refractivity contribution in [3.8, 4) is 0 Å².